The number of nitrogens with one attached hydrogen (secondary N) is 1. The molecule has 1 fully saturated rings. The second-order valence-corrected chi connectivity index (χ2v) is 4.42. The summed E-state index contributed by atoms with van der Waals surface area (Å²) in [7, 11) is 0. The Bertz CT molecular complexity index is 394. The number of aromatic nitrogens is 1. The van der Waals surface area contributed by atoms with Crippen LogP contribution < -0.4 is 10.2 Å². The van der Waals surface area contributed by atoms with Crippen molar-refractivity contribution in [1.82, 2.24) is 10.3 Å². The maximum atomic E-state index is 11.2. The Morgan fingerprint density at radius 2 is 2.40 bits per heavy atom. The number of pyridine rings is 1. The monoisotopic (exact) mass is 269 g/mol. The molecule has 1 aliphatic rings. The molecule has 4 nitrogen and oxygen atoms in total. The lowest BCUT2D eigenvalue weighted by molar-refractivity contribution is -0.120. The van der Waals surface area contributed by atoms with Crippen molar-refractivity contribution in [1.29, 1.82) is 0 Å². The molecule has 1 aromatic rings. The molecule has 15 heavy (non-hydrogen) atoms. The lowest BCUT2D eigenvalue weighted by Crippen LogP contribution is -2.48. The van der Waals surface area contributed by atoms with E-state index in [1.165, 1.54) is 0 Å². The van der Waals surface area contributed by atoms with E-state index in [2.05, 4.69) is 26.2 Å². The third kappa shape index (κ3) is 2.28. The predicted molar refractivity (Wildman–Crippen MR) is 61.9 cm³/mol. The van der Waals surface area contributed by atoms with Gasteiger partial charge in [-0.3, -0.25) is 4.79 Å². The van der Waals surface area contributed by atoms with Crippen molar-refractivity contribution in [3.63, 3.8) is 0 Å². The predicted octanol–water partition coefficient (Wildman–Crippen LogP) is 1.09. The van der Waals surface area contributed by atoms with Gasteiger partial charge in [-0.1, -0.05) is 0 Å². The van der Waals surface area contributed by atoms with Gasteiger partial charge in [0.05, 0.1) is 6.54 Å². The van der Waals surface area contributed by atoms with Crippen LogP contribution in [0.5, 0.6) is 0 Å². The van der Waals surface area contributed by atoms with Gasteiger partial charge in [-0.25, -0.2) is 4.98 Å². The summed E-state index contributed by atoms with van der Waals surface area (Å²) >= 11 is 3.40. The van der Waals surface area contributed by atoms with Gasteiger partial charge in [0.25, 0.3) is 0 Å². The number of hydrogen-bond donors (Lipinski definition) is 1. The Kier molecular flexibility index (Phi) is 2.90. The molecule has 0 unspecified atom stereocenters. The fourth-order valence-electron chi connectivity index (χ4n) is 1.53. The minimum atomic E-state index is 0.0589. The zero-order valence-electron chi connectivity index (χ0n) is 8.46. The number of piperazine rings is 1. The van der Waals surface area contributed by atoms with Gasteiger partial charge in [0.1, 0.15) is 5.82 Å². The van der Waals surface area contributed by atoms with Crippen LogP contribution >= 0.6 is 15.9 Å². The molecule has 2 heterocycles. The van der Waals surface area contributed by atoms with Gasteiger partial charge in [0.15, 0.2) is 0 Å². The number of hydrogen-bond acceptors (Lipinski definition) is 3. The van der Waals surface area contributed by atoms with Gasteiger partial charge in [0.2, 0.25) is 5.91 Å². The van der Waals surface area contributed by atoms with Gasteiger partial charge in [-0.2, -0.15) is 0 Å². The van der Waals surface area contributed by atoms with Crippen LogP contribution in [0, 0.1) is 6.92 Å². The summed E-state index contributed by atoms with van der Waals surface area (Å²) in [5, 5.41) is 2.79. The first-order chi connectivity index (χ1) is 7.16. The van der Waals surface area contributed by atoms with E-state index in [0.717, 1.165) is 22.4 Å². The van der Waals surface area contributed by atoms with Crippen LogP contribution in [0.4, 0.5) is 5.82 Å². The number of amides is 1. The first kappa shape index (κ1) is 10.4. The molecule has 1 saturated heterocycles. The van der Waals surface area contributed by atoms with Crippen molar-refractivity contribution in [2.45, 2.75) is 6.92 Å². The number of nitrogens with zero attached hydrogens (tertiary/aromatic N) is 2. The molecule has 2 rings (SSSR count). The summed E-state index contributed by atoms with van der Waals surface area (Å²) in [5.41, 5.74) is 1.13. The van der Waals surface area contributed by atoms with Gasteiger partial charge >= 0.3 is 0 Å². The van der Waals surface area contributed by atoms with E-state index in [-0.39, 0.29) is 5.91 Å². The average Bonchev–Trinajstić information content (AvgIpc) is 2.22. The number of halogens is 1. The molecule has 0 radical (unpaired) electrons. The lowest BCUT2D eigenvalue weighted by atomic mass is 10.2. The number of anilines is 1. The Labute approximate surface area is 96.8 Å². The molecule has 1 aliphatic heterocycles. The fraction of sp³-hybridized carbons (Fsp3) is 0.400. The number of carbonyl (C=O) groups is 1. The Hall–Kier alpha value is -1.10. The molecule has 0 saturated carbocycles. The summed E-state index contributed by atoms with van der Waals surface area (Å²) in [6.07, 6.45) is 1.77. The summed E-state index contributed by atoms with van der Waals surface area (Å²) in [6, 6.07) is 1.99. The molecule has 0 aromatic carbocycles. The Morgan fingerprint density at radius 3 is 3.07 bits per heavy atom. The molecule has 1 aromatic heterocycles. The second kappa shape index (κ2) is 4.18. The SMILES string of the molecule is Cc1cc(N2CCNC(=O)C2)ncc1Br. The van der Waals surface area contributed by atoms with Gasteiger partial charge < -0.3 is 10.2 Å². The van der Waals surface area contributed by atoms with Crippen LogP contribution in [0.3, 0.4) is 0 Å². The summed E-state index contributed by atoms with van der Waals surface area (Å²) in [6.45, 7) is 3.92. The minimum Gasteiger partial charge on any atom is -0.353 e. The van der Waals surface area contributed by atoms with Gasteiger partial charge in [0, 0.05) is 23.8 Å². The largest absolute Gasteiger partial charge is 0.353 e. The number of aryl methyl sites for hydroxylation is 1. The van der Waals surface area contributed by atoms with E-state index in [4.69, 9.17) is 0 Å². The maximum Gasteiger partial charge on any atom is 0.239 e. The van der Waals surface area contributed by atoms with E-state index in [9.17, 15) is 4.79 Å². The quantitative estimate of drug-likeness (QED) is 0.830. The van der Waals surface area contributed by atoms with E-state index in [1.807, 2.05) is 17.9 Å². The molecule has 0 atom stereocenters. The third-order valence-electron chi connectivity index (χ3n) is 2.39. The third-order valence-corrected chi connectivity index (χ3v) is 3.23. The van der Waals surface area contributed by atoms with Crippen LogP contribution in [0.1, 0.15) is 5.56 Å². The molecule has 80 valence electrons. The van der Waals surface area contributed by atoms with Crippen LogP contribution in [0.2, 0.25) is 0 Å². The zero-order valence-corrected chi connectivity index (χ0v) is 10.0. The molecule has 5 heteroatoms. The first-order valence-corrected chi connectivity index (χ1v) is 5.60. The normalized spacial score (nSPS) is 16.4. The summed E-state index contributed by atoms with van der Waals surface area (Å²) in [5.74, 6) is 0.925. The Morgan fingerprint density at radius 1 is 1.60 bits per heavy atom. The first-order valence-electron chi connectivity index (χ1n) is 4.80. The van der Waals surface area contributed by atoms with Crippen molar-refractivity contribution in [2.75, 3.05) is 24.5 Å². The van der Waals surface area contributed by atoms with Crippen LogP contribution in [-0.2, 0) is 4.79 Å². The van der Waals surface area contributed by atoms with E-state index in [1.54, 1.807) is 6.20 Å². The van der Waals surface area contributed by atoms with E-state index < -0.39 is 0 Å². The highest BCUT2D eigenvalue weighted by atomic mass is 79.9. The maximum absolute atomic E-state index is 11.2. The average molecular weight is 270 g/mol. The molecule has 0 bridgehead atoms. The molecule has 1 N–H and O–H groups in total. The van der Waals surface area contributed by atoms with Crippen molar-refractivity contribution in [3.8, 4) is 0 Å². The highest BCUT2D eigenvalue weighted by Gasteiger charge is 2.17. The number of rotatable bonds is 1. The summed E-state index contributed by atoms with van der Waals surface area (Å²) < 4.78 is 0.993. The Balaban J connectivity index is 2.21. The standard InChI is InChI=1S/C10H12BrN3O/c1-7-4-9(13-5-8(7)11)14-3-2-12-10(15)6-14/h4-5H,2-3,6H2,1H3,(H,12,15). The highest BCUT2D eigenvalue weighted by Crippen LogP contribution is 2.20. The fourth-order valence-corrected chi connectivity index (χ4v) is 1.75. The smallest absolute Gasteiger partial charge is 0.239 e. The van der Waals surface area contributed by atoms with Crippen molar-refractivity contribution in [2.24, 2.45) is 0 Å². The van der Waals surface area contributed by atoms with Crippen molar-refractivity contribution < 1.29 is 4.79 Å². The van der Waals surface area contributed by atoms with Crippen LogP contribution in [0.25, 0.3) is 0 Å². The lowest BCUT2D eigenvalue weighted by Gasteiger charge is -2.27. The molecular formula is C10H12BrN3O. The molecule has 0 aliphatic carbocycles. The molecule has 0 spiro atoms. The number of carbonyl (C=O) groups excluding carboxylic acids is 1. The highest BCUT2D eigenvalue weighted by molar-refractivity contribution is 9.10. The van der Waals surface area contributed by atoms with Crippen molar-refractivity contribution >= 4 is 27.7 Å². The minimum absolute atomic E-state index is 0.0589. The zero-order chi connectivity index (χ0) is 10.8. The van der Waals surface area contributed by atoms with Gasteiger partial charge in [-0.05, 0) is 34.5 Å². The molecular weight excluding hydrogens is 258 g/mol. The second-order valence-electron chi connectivity index (χ2n) is 3.56. The summed E-state index contributed by atoms with van der Waals surface area (Å²) in [4.78, 5) is 17.5. The topological polar surface area (TPSA) is 45.2 Å². The van der Waals surface area contributed by atoms with E-state index in [0.29, 0.717) is 13.1 Å². The van der Waals surface area contributed by atoms with Crippen LogP contribution in [0.15, 0.2) is 16.7 Å². The van der Waals surface area contributed by atoms with E-state index >= 15 is 0 Å². The van der Waals surface area contributed by atoms with Gasteiger partial charge in [-0.15, -0.1) is 0 Å². The molecule has 1 amide bonds. The van der Waals surface area contributed by atoms with Crippen LogP contribution in [-0.4, -0.2) is 30.5 Å². The van der Waals surface area contributed by atoms with Crippen molar-refractivity contribution in [3.05, 3.63) is 22.3 Å².